The van der Waals surface area contributed by atoms with E-state index in [9.17, 15) is 14.4 Å². The second-order valence-electron chi connectivity index (χ2n) is 5.94. The highest BCUT2D eigenvalue weighted by molar-refractivity contribution is 6.00. The first kappa shape index (κ1) is 19.0. The first-order chi connectivity index (χ1) is 13.6. The molecule has 0 aliphatic carbocycles. The van der Waals surface area contributed by atoms with Gasteiger partial charge in [-0.25, -0.2) is 4.79 Å². The first-order valence-corrected chi connectivity index (χ1v) is 8.70. The molecule has 5 nitrogen and oxygen atoms in total. The predicted molar refractivity (Wildman–Crippen MR) is 104 cm³/mol. The average molecular weight is 374 g/mol. The highest BCUT2D eigenvalue weighted by atomic mass is 16.5. The highest BCUT2D eigenvalue weighted by Crippen LogP contribution is 2.19. The summed E-state index contributed by atoms with van der Waals surface area (Å²) in [4.78, 5) is 36.6. The Kier molecular flexibility index (Phi) is 6.31. The number of Topliss-reactive ketones (excluding diaryl/α,β-unsaturated/α-hetero) is 2. The van der Waals surface area contributed by atoms with Crippen molar-refractivity contribution in [1.29, 1.82) is 0 Å². The van der Waals surface area contributed by atoms with Crippen molar-refractivity contribution in [1.82, 2.24) is 0 Å². The van der Waals surface area contributed by atoms with Gasteiger partial charge in [0.2, 0.25) is 0 Å². The molecule has 140 valence electrons. The molecule has 0 aromatic heterocycles. The van der Waals surface area contributed by atoms with Crippen molar-refractivity contribution in [2.75, 3.05) is 13.2 Å². The number of ether oxygens (including phenoxy) is 2. The van der Waals surface area contributed by atoms with Gasteiger partial charge in [-0.15, -0.1) is 0 Å². The maximum absolute atomic E-state index is 12.4. The molecule has 0 fully saturated rings. The third-order valence-corrected chi connectivity index (χ3v) is 3.99. The van der Waals surface area contributed by atoms with Gasteiger partial charge >= 0.3 is 5.97 Å². The number of para-hydroxylation sites is 1. The van der Waals surface area contributed by atoms with Crippen molar-refractivity contribution in [3.63, 3.8) is 0 Å². The first-order valence-electron chi connectivity index (χ1n) is 8.70. The standard InChI is InChI=1S/C23H18O5/c24-20(17-9-3-1-4-10-17)15-27-22-14-8-7-13-19(22)23(26)28-16-21(25)18-11-5-2-6-12-18/h1-14H,15-16H2. The molecule has 0 N–H and O–H groups in total. The maximum atomic E-state index is 12.4. The lowest BCUT2D eigenvalue weighted by Crippen LogP contribution is -2.17. The van der Waals surface area contributed by atoms with E-state index in [1.807, 2.05) is 6.07 Å². The molecule has 3 aromatic rings. The number of carbonyl (C=O) groups excluding carboxylic acids is 3. The molecule has 28 heavy (non-hydrogen) atoms. The summed E-state index contributed by atoms with van der Waals surface area (Å²) in [6, 6.07) is 23.8. The Morgan fingerprint density at radius 3 is 1.71 bits per heavy atom. The summed E-state index contributed by atoms with van der Waals surface area (Å²) in [6.07, 6.45) is 0. The largest absolute Gasteiger partial charge is 0.485 e. The van der Waals surface area contributed by atoms with Crippen LogP contribution in [0.15, 0.2) is 84.9 Å². The molecular formula is C23H18O5. The lowest BCUT2D eigenvalue weighted by Gasteiger charge is -2.11. The predicted octanol–water partition coefficient (Wildman–Crippen LogP) is 3.99. The van der Waals surface area contributed by atoms with E-state index in [2.05, 4.69) is 0 Å². The minimum absolute atomic E-state index is 0.157. The van der Waals surface area contributed by atoms with Gasteiger partial charge in [0.15, 0.2) is 24.8 Å². The molecule has 0 spiro atoms. The molecule has 0 aliphatic rings. The quantitative estimate of drug-likeness (QED) is 0.440. The fourth-order valence-electron chi connectivity index (χ4n) is 2.53. The Morgan fingerprint density at radius 1 is 0.607 bits per heavy atom. The van der Waals surface area contributed by atoms with Crippen molar-refractivity contribution >= 4 is 17.5 Å². The van der Waals surface area contributed by atoms with Gasteiger partial charge in [0.25, 0.3) is 0 Å². The lowest BCUT2D eigenvalue weighted by molar-refractivity contribution is 0.0470. The van der Waals surface area contributed by atoms with E-state index in [-0.39, 0.29) is 36.1 Å². The number of carbonyl (C=O) groups is 3. The number of esters is 1. The van der Waals surface area contributed by atoms with Crippen LogP contribution in [0.5, 0.6) is 5.75 Å². The fourth-order valence-corrected chi connectivity index (χ4v) is 2.53. The smallest absolute Gasteiger partial charge is 0.342 e. The van der Waals surface area contributed by atoms with Gasteiger partial charge in [-0.05, 0) is 12.1 Å². The van der Waals surface area contributed by atoms with E-state index >= 15 is 0 Å². The van der Waals surface area contributed by atoms with Crippen LogP contribution < -0.4 is 4.74 Å². The van der Waals surface area contributed by atoms with Crippen molar-refractivity contribution < 1.29 is 23.9 Å². The van der Waals surface area contributed by atoms with Crippen LogP contribution in [-0.2, 0) is 4.74 Å². The maximum Gasteiger partial charge on any atom is 0.342 e. The van der Waals surface area contributed by atoms with Gasteiger partial charge in [-0.3, -0.25) is 9.59 Å². The lowest BCUT2D eigenvalue weighted by atomic mass is 10.1. The van der Waals surface area contributed by atoms with Crippen LogP contribution in [0.3, 0.4) is 0 Å². The summed E-state index contributed by atoms with van der Waals surface area (Å²) >= 11 is 0. The van der Waals surface area contributed by atoms with Crippen molar-refractivity contribution in [2.45, 2.75) is 0 Å². The van der Waals surface area contributed by atoms with E-state index < -0.39 is 5.97 Å². The van der Waals surface area contributed by atoms with Crippen LogP contribution in [0.4, 0.5) is 0 Å². The van der Waals surface area contributed by atoms with Gasteiger partial charge in [0.05, 0.1) is 0 Å². The van der Waals surface area contributed by atoms with Crippen molar-refractivity contribution in [3.05, 3.63) is 102 Å². The molecular weight excluding hydrogens is 356 g/mol. The third-order valence-electron chi connectivity index (χ3n) is 3.99. The molecule has 0 saturated carbocycles. The molecule has 5 heteroatoms. The Hall–Kier alpha value is -3.73. The van der Waals surface area contributed by atoms with Crippen LogP contribution in [0.2, 0.25) is 0 Å². The highest BCUT2D eigenvalue weighted by Gasteiger charge is 2.17. The normalized spacial score (nSPS) is 10.1. The molecule has 0 heterocycles. The Balaban J connectivity index is 1.62. The average Bonchev–Trinajstić information content (AvgIpc) is 2.77. The molecule has 0 atom stereocenters. The molecule has 3 aromatic carbocycles. The Bertz CT molecular complexity index is 965. The van der Waals surface area contributed by atoms with Gasteiger partial charge in [0.1, 0.15) is 11.3 Å². The zero-order valence-corrected chi connectivity index (χ0v) is 15.0. The topological polar surface area (TPSA) is 69.7 Å². The Labute approximate surface area is 162 Å². The van der Waals surface area contributed by atoms with Gasteiger partial charge in [-0.2, -0.15) is 0 Å². The second kappa shape index (κ2) is 9.28. The van der Waals surface area contributed by atoms with Gasteiger partial charge in [-0.1, -0.05) is 72.8 Å². The molecule has 0 unspecified atom stereocenters. The van der Waals surface area contributed by atoms with Gasteiger partial charge < -0.3 is 9.47 Å². The summed E-state index contributed by atoms with van der Waals surface area (Å²) in [5.74, 6) is -0.967. The second-order valence-corrected chi connectivity index (χ2v) is 5.94. The fraction of sp³-hybridized carbons (Fsp3) is 0.0870. The van der Waals surface area contributed by atoms with E-state index in [0.29, 0.717) is 11.1 Å². The number of hydrogen-bond donors (Lipinski definition) is 0. The monoisotopic (exact) mass is 374 g/mol. The minimum atomic E-state index is -0.688. The molecule has 0 saturated heterocycles. The number of ketones is 2. The molecule has 0 aliphatic heterocycles. The summed E-state index contributed by atoms with van der Waals surface area (Å²) in [5, 5.41) is 0. The van der Waals surface area contributed by atoms with E-state index in [1.54, 1.807) is 72.8 Å². The summed E-state index contributed by atoms with van der Waals surface area (Å²) < 4.78 is 10.7. The zero-order valence-electron chi connectivity index (χ0n) is 15.0. The van der Waals surface area contributed by atoms with Crippen LogP contribution >= 0.6 is 0 Å². The van der Waals surface area contributed by atoms with Crippen LogP contribution in [-0.4, -0.2) is 30.7 Å². The van der Waals surface area contributed by atoms with Crippen LogP contribution in [0, 0.1) is 0 Å². The summed E-state index contributed by atoms with van der Waals surface area (Å²) in [7, 11) is 0. The van der Waals surface area contributed by atoms with Crippen molar-refractivity contribution in [2.24, 2.45) is 0 Å². The number of rotatable bonds is 8. The summed E-state index contributed by atoms with van der Waals surface area (Å²) in [5.41, 5.74) is 1.15. The number of hydrogen-bond acceptors (Lipinski definition) is 5. The molecule has 3 rings (SSSR count). The minimum Gasteiger partial charge on any atom is -0.485 e. The number of benzene rings is 3. The van der Waals surface area contributed by atoms with Crippen LogP contribution in [0.1, 0.15) is 31.1 Å². The van der Waals surface area contributed by atoms with Crippen molar-refractivity contribution in [3.8, 4) is 5.75 Å². The summed E-state index contributed by atoms with van der Waals surface area (Å²) in [6.45, 7) is -0.586. The molecule has 0 radical (unpaired) electrons. The van der Waals surface area contributed by atoms with E-state index in [1.165, 1.54) is 6.07 Å². The van der Waals surface area contributed by atoms with Gasteiger partial charge in [0, 0.05) is 11.1 Å². The van der Waals surface area contributed by atoms with E-state index in [4.69, 9.17) is 9.47 Å². The zero-order chi connectivity index (χ0) is 19.8. The molecule has 0 bridgehead atoms. The third kappa shape index (κ3) is 4.92. The SMILES string of the molecule is O=C(COC(=O)c1ccccc1OCC(=O)c1ccccc1)c1ccccc1. The molecule has 0 amide bonds. The van der Waals surface area contributed by atoms with Crippen LogP contribution in [0.25, 0.3) is 0 Å². The Morgan fingerprint density at radius 2 is 1.11 bits per heavy atom. The van der Waals surface area contributed by atoms with E-state index in [0.717, 1.165) is 0 Å².